The molecule has 0 aliphatic rings. The lowest BCUT2D eigenvalue weighted by molar-refractivity contribution is 0.765. The number of hydrogen-bond donors (Lipinski definition) is 2. The summed E-state index contributed by atoms with van der Waals surface area (Å²) in [5.74, 6) is 0.823. The molecule has 94 valence electrons. The summed E-state index contributed by atoms with van der Waals surface area (Å²) in [4.78, 5) is 0.357. The van der Waals surface area contributed by atoms with Gasteiger partial charge in [-0.2, -0.15) is 5.10 Å². The largest absolute Gasteiger partial charge is 0.389 e. The van der Waals surface area contributed by atoms with Gasteiger partial charge in [0, 0.05) is 12.7 Å². The van der Waals surface area contributed by atoms with Crippen LogP contribution in [-0.4, -0.2) is 14.8 Å². The number of aromatic nitrogens is 2. The van der Waals surface area contributed by atoms with E-state index in [2.05, 4.69) is 17.3 Å². The van der Waals surface area contributed by atoms with Gasteiger partial charge in [0.15, 0.2) is 0 Å². The zero-order valence-electron chi connectivity index (χ0n) is 10.7. The van der Waals surface area contributed by atoms with E-state index in [-0.39, 0.29) is 0 Å². The van der Waals surface area contributed by atoms with E-state index in [1.807, 2.05) is 38.2 Å². The average Bonchev–Trinajstić information content (AvgIpc) is 2.57. The average molecular weight is 260 g/mol. The van der Waals surface area contributed by atoms with Gasteiger partial charge in [-0.1, -0.05) is 29.9 Å². The molecule has 0 aliphatic heterocycles. The van der Waals surface area contributed by atoms with Crippen LogP contribution in [0, 0.1) is 13.8 Å². The normalized spacial score (nSPS) is 10.4. The highest BCUT2D eigenvalue weighted by Gasteiger charge is 2.15. The quantitative estimate of drug-likeness (QED) is 0.832. The van der Waals surface area contributed by atoms with Crippen LogP contribution in [0.4, 0.5) is 11.5 Å². The summed E-state index contributed by atoms with van der Waals surface area (Å²) in [6.45, 7) is 3.95. The van der Waals surface area contributed by atoms with Crippen LogP contribution < -0.4 is 11.1 Å². The first-order valence-corrected chi connectivity index (χ1v) is 6.07. The minimum absolute atomic E-state index is 0.357. The lowest BCUT2D eigenvalue weighted by Gasteiger charge is -2.09. The molecule has 4 nitrogen and oxygen atoms in total. The number of nitrogens with one attached hydrogen (secondary N) is 1. The Kier molecular flexibility index (Phi) is 3.34. The number of thiocarbonyl (C=S) groups is 1. The van der Waals surface area contributed by atoms with Gasteiger partial charge in [0.1, 0.15) is 10.8 Å². The fraction of sp³-hybridized carbons (Fsp3) is 0.231. The summed E-state index contributed by atoms with van der Waals surface area (Å²) in [7, 11) is 1.87. The number of nitrogens with zero attached hydrogens (tertiary/aromatic N) is 2. The maximum atomic E-state index is 5.74. The van der Waals surface area contributed by atoms with Crippen molar-refractivity contribution in [2.24, 2.45) is 12.8 Å². The summed E-state index contributed by atoms with van der Waals surface area (Å²) in [5.41, 5.74) is 9.58. The zero-order valence-corrected chi connectivity index (χ0v) is 11.5. The molecule has 0 amide bonds. The third-order valence-electron chi connectivity index (χ3n) is 2.78. The van der Waals surface area contributed by atoms with Crippen molar-refractivity contribution in [3.63, 3.8) is 0 Å². The first-order chi connectivity index (χ1) is 8.49. The molecule has 5 heteroatoms. The highest BCUT2D eigenvalue weighted by molar-refractivity contribution is 7.80. The minimum Gasteiger partial charge on any atom is -0.389 e. The van der Waals surface area contributed by atoms with E-state index in [0.717, 1.165) is 22.8 Å². The van der Waals surface area contributed by atoms with Crippen molar-refractivity contribution >= 4 is 28.7 Å². The van der Waals surface area contributed by atoms with E-state index in [4.69, 9.17) is 18.0 Å². The van der Waals surface area contributed by atoms with Crippen molar-refractivity contribution in [3.05, 3.63) is 41.1 Å². The van der Waals surface area contributed by atoms with Gasteiger partial charge < -0.3 is 11.1 Å². The number of hydrogen-bond acceptors (Lipinski definition) is 3. The van der Waals surface area contributed by atoms with Gasteiger partial charge in [-0.05, 0) is 26.0 Å². The van der Waals surface area contributed by atoms with Crippen LogP contribution in [0.3, 0.4) is 0 Å². The second-order valence-electron chi connectivity index (χ2n) is 4.29. The van der Waals surface area contributed by atoms with E-state index >= 15 is 0 Å². The van der Waals surface area contributed by atoms with Crippen LogP contribution in [-0.2, 0) is 7.05 Å². The molecule has 1 aromatic carbocycles. The number of nitrogens with two attached hydrogens (primary N) is 1. The van der Waals surface area contributed by atoms with Crippen molar-refractivity contribution in [1.82, 2.24) is 9.78 Å². The highest BCUT2D eigenvalue weighted by atomic mass is 32.1. The molecule has 0 unspecified atom stereocenters. The SMILES string of the molecule is Cc1ccc(Nc2c(C(N)=S)c(C)nn2C)cc1. The van der Waals surface area contributed by atoms with Gasteiger partial charge in [-0.25, -0.2) is 0 Å². The summed E-state index contributed by atoms with van der Waals surface area (Å²) in [6.07, 6.45) is 0. The van der Waals surface area contributed by atoms with Crippen LogP contribution in [0.25, 0.3) is 0 Å². The Hall–Kier alpha value is -1.88. The maximum absolute atomic E-state index is 5.74. The second-order valence-corrected chi connectivity index (χ2v) is 4.73. The lowest BCUT2D eigenvalue weighted by atomic mass is 10.2. The van der Waals surface area contributed by atoms with Crippen molar-refractivity contribution in [2.75, 3.05) is 5.32 Å². The van der Waals surface area contributed by atoms with E-state index in [9.17, 15) is 0 Å². The predicted molar refractivity (Wildman–Crippen MR) is 78.3 cm³/mol. The first-order valence-electron chi connectivity index (χ1n) is 5.66. The second kappa shape index (κ2) is 4.78. The molecule has 18 heavy (non-hydrogen) atoms. The van der Waals surface area contributed by atoms with Crippen molar-refractivity contribution in [3.8, 4) is 0 Å². The zero-order chi connectivity index (χ0) is 13.3. The first kappa shape index (κ1) is 12.6. The van der Waals surface area contributed by atoms with Gasteiger partial charge in [0.25, 0.3) is 0 Å². The van der Waals surface area contributed by atoms with Gasteiger partial charge in [-0.15, -0.1) is 0 Å². The lowest BCUT2D eigenvalue weighted by Crippen LogP contribution is -2.12. The monoisotopic (exact) mass is 260 g/mol. The third kappa shape index (κ3) is 2.36. The molecule has 3 N–H and O–H groups in total. The van der Waals surface area contributed by atoms with Crippen LogP contribution in [0.5, 0.6) is 0 Å². The van der Waals surface area contributed by atoms with Crippen molar-refractivity contribution in [2.45, 2.75) is 13.8 Å². The molecule has 0 atom stereocenters. The third-order valence-corrected chi connectivity index (χ3v) is 2.99. The fourth-order valence-electron chi connectivity index (χ4n) is 1.87. The van der Waals surface area contributed by atoms with Crippen LogP contribution in [0.1, 0.15) is 16.8 Å². The topological polar surface area (TPSA) is 55.9 Å². The van der Waals surface area contributed by atoms with Crippen LogP contribution in [0.2, 0.25) is 0 Å². The Morgan fingerprint density at radius 1 is 1.28 bits per heavy atom. The van der Waals surface area contributed by atoms with Gasteiger partial charge >= 0.3 is 0 Å². The molecule has 1 heterocycles. The Labute approximate surface area is 112 Å². The van der Waals surface area contributed by atoms with E-state index in [1.54, 1.807) is 4.68 Å². The van der Waals surface area contributed by atoms with Gasteiger partial charge in [-0.3, -0.25) is 4.68 Å². The standard InChI is InChI=1S/C13H16N4S/c1-8-4-6-10(7-5-8)15-13-11(12(14)18)9(2)16-17(13)3/h4-7,15H,1-3H3,(H2,14,18). The number of anilines is 2. The number of rotatable bonds is 3. The summed E-state index contributed by atoms with van der Waals surface area (Å²) >= 11 is 5.07. The number of benzene rings is 1. The molecule has 2 aromatic rings. The predicted octanol–water partition coefficient (Wildman–Crippen LogP) is 2.41. The Morgan fingerprint density at radius 2 is 1.89 bits per heavy atom. The van der Waals surface area contributed by atoms with Crippen molar-refractivity contribution in [1.29, 1.82) is 0 Å². The molecular weight excluding hydrogens is 244 g/mol. The molecule has 0 spiro atoms. The molecule has 1 aromatic heterocycles. The fourth-order valence-corrected chi connectivity index (χ4v) is 2.11. The number of aryl methyl sites for hydroxylation is 3. The Morgan fingerprint density at radius 3 is 2.44 bits per heavy atom. The maximum Gasteiger partial charge on any atom is 0.138 e. The molecule has 2 rings (SSSR count). The highest BCUT2D eigenvalue weighted by Crippen LogP contribution is 2.23. The molecule has 0 radical (unpaired) electrons. The van der Waals surface area contributed by atoms with Gasteiger partial charge in [0.2, 0.25) is 0 Å². The summed E-state index contributed by atoms with van der Waals surface area (Å²) in [6, 6.07) is 8.13. The minimum atomic E-state index is 0.357. The van der Waals surface area contributed by atoms with E-state index in [0.29, 0.717) is 4.99 Å². The van der Waals surface area contributed by atoms with Crippen LogP contribution >= 0.6 is 12.2 Å². The smallest absolute Gasteiger partial charge is 0.138 e. The molecule has 0 aliphatic carbocycles. The molecule has 0 fully saturated rings. The molecule has 0 saturated heterocycles. The summed E-state index contributed by atoms with van der Waals surface area (Å²) in [5, 5.41) is 7.64. The molecule has 0 saturated carbocycles. The molecular formula is C13H16N4S. The Balaban J connectivity index is 2.39. The van der Waals surface area contributed by atoms with Crippen LogP contribution in [0.15, 0.2) is 24.3 Å². The van der Waals surface area contributed by atoms with Gasteiger partial charge in [0.05, 0.1) is 11.3 Å². The Bertz CT molecular complexity index is 584. The van der Waals surface area contributed by atoms with E-state index < -0.39 is 0 Å². The summed E-state index contributed by atoms with van der Waals surface area (Å²) < 4.78 is 1.75. The van der Waals surface area contributed by atoms with Crippen molar-refractivity contribution < 1.29 is 0 Å². The van der Waals surface area contributed by atoms with E-state index in [1.165, 1.54) is 5.56 Å². The molecule has 0 bridgehead atoms.